The first kappa shape index (κ1) is 10.6. The van der Waals surface area contributed by atoms with Crippen molar-refractivity contribution in [1.29, 1.82) is 0 Å². The monoisotopic (exact) mass is 200 g/mol. The standard InChI is InChI=1S/C9H16N2OS/c1-7-9(11-8(2)12-7)6-13-5-3-4-10/h3-6,10H2,1-2H3. The predicted octanol–water partition coefficient (Wildman–Crippen LogP) is 1.87. The van der Waals surface area contributed by atoms with Gasteiger partial charge < -0.3 is 10.2 Å². The van der Waals surface area contributed by atoms with Gasteiger partial charge in [-0.1, -0.05) is 0 Å². The topological polar surface area (TPSA) is 52.0 Å². The first-order valence-corrected chi connectivity index (χ1v) is 5.60. The Morgan fingerprint density at radius 2 is 2.23 bits per heavy atom. The van der Waals surface area contributed by atoms with Gasteiger partial charge in [0.05, 0.1) is 5.69 Å². The molecule has 2 N–H and O–H groups in total. The van der Waals surface area contributed by atoms with Crippen LogP contribution in [0.2, 0.25) is 0 Å². The van der Waals surface area contributed by atoms with Gasteiger partial charge in [-0.15, -0.1) is 0 Å². The van der Waals surface area contributed by atoms with E-state index in [0.29, 0.717) is 0 Å². The van der Waals surface area contributed by atoms with Crippen LogP contribution in [0.25, 0.3) is 0 Å². The van der Waals surface area contributed by atoms with Crippen molar-refractivity contribution in [1.82, 2.24) is 4.98 Å². The number of aryl methyl sites for hydroxylation is 2. The summed E-state index contributed by atoms with van der Waals surface area (Å²) in [6, 6.07) is 0. The van der Waals surface area contributed by atoms with Gasteiger partial charge in [-0.05, 0) is 25.6 Å². The minimum absolute atomic E-state index is 0.756. The normalized spacial score (nSPS) is 10.7. The largest absolute Gasteiger partial charge is 0.446 e. The van der Waals surface area contributed by atoms with E-state index in [1.807, 2.05) is 25.6 Å². The molecule has 0 aromatic carbocycles. The van der Waals surface area contributed by atoms with E-state index < -0.39 is 0 Å². The molecule has 74 valence electrons. The van der Waals surface area contributed by atoms with E-state index in [4.69, 9.17) is 10.2 Å². The van der Waals surface area contributed by atoms with Crippen LogP contribution < -0.4 is 5.73 Å². The molecule has 0 aliphatic heterocycles. The fourth-order valence-corrected chi connectivity index (χ4v) is 2.04. The molecular weight excluding hydrogens is 184 g/mol. The van der Waals surface area contributed by atoms with E-state index in [0.717, 1.165) is 41.8 Å². The molecular formula is C9H16N2OS. The maximum atomic E-state index is 5.39. The Labute approximate surface area is 83.1 Å². The van der Waals surface area contributed by atoms with Gasteiger partial charge in [0, 0.05) is 12.7 Å². The van der Waals surface area contributed by atoms with Gasteiger partial charge in [-0.3, -0.25) is 0 Å². The van der Waals surface area contributed by atoms with Crippen molar-refractivity contribution in [2.24, 2.45) is 5.73 Å². The fraction of sp³-hybridized carbons (Fsp3) is 0.667. The van der Waals surface area contributed by atoms with Crippen molar-refractivity contribution in [2.75, 3.05) is 12.3 Å². The number of aromatic nitrogens is 1. The lowest BCUT2D eigenvalue weighted by atomic mass is 10.4. The summed E-state index contributed by atoms with van der Waals surface area (Å²) in [5.74, 6) is 3.73. The molecule has 0 radical (unpaired) electrons. The van der Waals surface area contributed by atoms with E-state index in [9.17, 15) is 0 Å². The van der Waals surface area contributed by atoms with Crippen LogP contribution in [0.3, 0.4) is 0 Å². The van der Waals surface area contributed by atoms with Crippen LogP contribution in [0.4, 0.5) is 0 Å². The van der Waals surface area contributed by atoms with Crippen LogP contribution >= 0.6 is 11.8 Å². The molecule has 0 aliphatic carbocycles. The number of hydrogen-bond acceptors (Lipinski definition) is 4. The van der Waals surface area contributed by atoms with Crippen molar-refractivity contribution in [2.45, 2.75) is 26.0 Å². The molecule has 0 aliphatic rings. The minimum Gasteiger partial charge on any atom is -0.446 e. The lowest BCUT2D eigenvalue weighted by Gasteiger charge is -1.97. The molecule has 1 rings (SSSR count). The molecule has 0 amide bonds. The molecule has 1 aromatic heterocycles. The number of nitrogens with zero attached hydrogens (tertiary/aromatic N) is 1. The van der Waals surface area contributed by atoms with Crippen LogP contribution in [-0.4, -0.2) is 17.3 Å². The van der Waals surface area contributed by atoms with Crippen molar-refractivity contribution in [3.8, 4) is 0 Å². The molecule has 4 heteroatoms. The maximum absolute atomic E-state index is 5.39. The molecule has 0 saturated carbocycles. The number of hydrogen-bond donors (Lipinski definition) is 1. The van der Waals surface area contributed by atoms with Gasteiger partial charge in [0.1, 0.15) is 5.76 Å². The molecule has 0 unspecified atom stereocenters. The summed E-state index contributed by atoms with van der Waals surface area (Å²) in [4.78, 5) is 4.29. The molecule has 0 fully saturated rings. The lowest BCUT2D eigenvalue weighted by Crippen LogP contribution is -1.99. The van der Waals surface area contributed by atoms with Crippen molar-refractivity contribution in [3.63, 3.8) is 0 Å². The molecule has 1 heterocycles. The van der Waals surface area contributed by atoms with E-state index in [1.165, 1.54) is 0 Å². The number of nitrogens with two attached hydrogens (primary N) is 1. The van der Waals surface area contributed by atoms with E-state index in [-0.39, 0.29) is 0 Å². The summed E-state index contributed by atoms with van der Waals surface area (Å²) in [7, 11) is 0. The first-order valence-electron chi connectivity index (χ1n) is 4.44. The summed E-state index contributed by atoms with van der Waals surface area (Å²) in [6.07, 6.45) is 1.07. The highest BCUT2D eigenvalue weighted by Gasteiger charge is 2.05. The van der Waals surface area contributed by atoms with Gasteiger partial charge in [0.25, 0.3) is 0 Å². The molecule has 3 nitrogen and oxygen atoms in total. The molecule has 0 bridgehead atoms. The highest BCUT2D eigenvalue weighted by molar-refractivity contribution is 7.98. The molecule has 0 spiro atoms. The highest BCUT2D eigenvalue weighted by atomic mass is 32.2. The van der Waals surface area contributed by atoms with Crippen LogP contribution in [0.5, 0.6) is 0 Å². The Bertz CT molecular complexity index is 260. The van der Waals surface area contributed by atoms with Crippen molar-refractivity contribution >= 4 is 11.8 Å². The third-order valence-electron chi connectivity index (χ3n) is 1.73. The lowest BCUT2D eigenvalue weighted by molar-refractivity contribution is 0.493. The summed E-state index contributed by atoms with van der Waals surface area (Å²) in [5.41, 5.74) is 6.46. The minimum atomic E-state index is 0.756. The number of rotatable bonds is 5. The molecule has 0 atom stereocenters. The van der Waals surface area contributed by atoms with Gasteiger partial charge in [-0.25, -0.2) is 4.98 Å². The van der Waals surface area contributed by atoms with Gasteiger partial charge in [0.2, 0.25) is 0 Å². The molecule has 1 aromatic rings. The highest BCUT2D eigenvalue weighted by Crippen LogP contribution is 2.16. The third kappa shape index (κ3) is 3.40. The van der Waals surface area contributed by atoms with Gasteiger partial charge in [-0.2, -0.15) is 11.8 Å². The Morgan fingerprint density at radius 1 is 1.46 bits per heavy atom. The Morgan fingerprint density at radius 3 is 2.77 bits per heavy atom. The second-order valence-corrected chi connectivity index (χ2v) is 4.04. The van der Waals surface area contributed by atoms with Crippen molar-refractivity contribution in [3.05, 3.63) is 17.3 Å². The van der Waals surface area contributed by atoms with Gasteiger partial charge in [0.15, 0.2) is 5.89 Å². The fourth-order valence-electron chi connectivity index (χ4n) is 1.06. The smallest absolute Gasteiger partial charge is 0.191 e. The SMILES string of the molecule is Cc1nc(CSCCCN)c(C)o1. The Kier molecular flexibility index (Phi) is 4.32. The van der Waals surface area contributed by atoms with Crippen LogP contribution in [0.1, 0.15) is 23.8 Å². The average molecular weight is 200 g/mol. The number of thioether (sulfide) groups is 1. The predicted molar refractivity (Wildman–Crippen MR) is 55.8 cm³/mol. The second kappa shape index (κ2) is 5.29. The van der Waals surface area contributed by atoms with E-state index in [2.05, 4.69) is 4.98 Å². The van der Waals surface area contributed by atoms with E-state index >= 15 is 0 Å². The summed E-state index contributed by atoms with van der Waals surface area (Å²) in [5, 5.41) is 0. The first-order chi connectivity index (χ1) is 6.24. The number of oxazole rings is 1. The Hall–Kier alpha value is -0.480. The van der Waals surface area contributed by atoms with Crippen LogP contribution in [0, 0.1) is 13.8 Å². The molecule has 0 saturated heterocycles. The average Bonchev–Trinajstić information content (AvgIpc) is 2.39. The third-order valence-corrected chi connectivity index (χ3v) is 2.79. The summed E-state index contributed by atoms with van der Waals surface area (Å²) >= 11 is 1.86. The zero-order valence-electron chi connectivity index (χ0n) is 8.17. The second-order valence-electron chi connectivity index (χ2n) is 2.93. The summed E-state index contributed by atoms with van der Waals surface area (Å²) in [6.45, 7) is 4.60. The zero-order chi connectivity index (χ0) is 9.68. The Balaban J connectivity index is 2.32. The van der Waals surface area contributed by atoms with Crippen LogP contribution in [0.15, 0.2) is 4.42 Å². The quantitative estimate of drug-likeness (QED) is 0.737. The van der Waals surface area contributed by atoms with Gasteiger partial charge >= 0.3 is 0 Å². The molecule has 13 heavy (non-hydrogen) atoms. The van der Waals surface area contributed by atoms with E-state index in [1.54, 1.807) is 0 Å². The van der Waals surface area contributed by atoms with Crippen molar-refractivity contribution < 1.29 is 4.42 Å². The van der Waals surface area contributed by atoms with Crippen LogP contribution in [-0.2, 0) is 5.75 Å². The summed E-state index contributed by atoms with van der Waals surface area (Å²) < 4.78 is 5.32. The maximum Gasteiger partial charge on any atom is 0.191 e. The zero-order valence-corrected chi connectivity index (χ0v) is 8.99.